The first-order valence-corrected chi connectivity index (χ1v) is 9.48. The molecule has 0 aliphatic heterocycles. The summed E-state index contributed by atoms with van der Waals surface area (Å²) in [5.74, 6) is -1.49. The highest BCUT2D eigenvalue weighted by molar-refractivity contribution is 7.90. The molecule has 0 atom stereocenters. The van der Waals surface area contributed by atoms with Crippen LogP contribution in [0.15, 0.2) is 67.0 Å². The lowest BCUT2D eigenvalue weighted by Crippen LogP contribution is -2.24. The first-order valence-electron chi connectivity index (χ1n) is 7.66. The molecule has 1 amide bonds. The van der Waals surface area contributed by atoms with Crippen LogP contribution in [0.5, 0.6) is 0 Å². The Morgan fingerprint density at radius 1 is 1.07 bits per heavy atom. The van der Waals surface area contributed by atoms with Crippen molar-refractivity contribution >= 4 is 50.1 Å². The molecule has 3 rings (SSSR count). The van der Waals surface area contributed by atoms with Gasteiger partial charge in [-0.15, -0.1) is 4.40 Å². The topological polar surface area (TPSA) is 158 Å². The molecule has 0 aliphatic rings. The van der Waals surface area contributed by atoms with E-state index in [0.29, 0.717) is 5.02 Å². The Morgan fingerprint density at radius 2 is 1.75 bits per heavy atom. The number of benzene rings is 2. The van der Waals surface area contributed by atoms with E-state index in [0.717, 1.165) is 6.07 Å². The van der Waals surface area contributed by atoms with Crippen LogP contribution in [0.2, 0.25) is 5.02 Å². The van der Waals surface area contributed by atoms with Crippen LogP contribution in [-0.4, -0.2) is 20.3 Å². The number of amides is 1. The van der Waals surface area contributed by atoms with Gasteiger partial charge in [0, 0.05) is 16.8 Å². The van der Waals surface area contributed by atoms with Gasteiger partial charge in [0.1, 0.15) is 5.58 Å². The standard InChI is InChI=1S/C17H13ClN4O5S/c18-9-1-6-14-12(7-9)13(23)8-15(27-14)16(24)21-10-2-4-11(5-3-10)28(25,26)22-17(19)20/h1-8H,(H,21,24)(H4,19,20,22). The maximum absolute atomic E-state index is 12.4. The molecule has 0 aliphatic carbocycles. The van der Waals surface area contributed by atoms with Crippen molar-refractivity contribution in [2.45, 2.75) is 4.90 Å². The van der Waals surface area contributed by atoms with Crippen molar-refractivity contribution in [1.29, 1.82) is 0 Å². The fourth-order valence-corrected chi connectivity index (χ4v) is 3.37. The van der Waals surface area contributed by atoms with Gasteiger partial charge in [-0.1, -0.05) is 11.6 Å². The number of rotatable bonds is 4. The highest BCUT2D eigenvalue weighted by Crippen LogP contribution is 2.19. The molecule has 0 radical (unpaired) electrons. The van der Waals surface area contributed by atoms with Crippen LogP contribution in [0.25, 0.3) is 11.0 Å². The SMILES string of the molecule is NC(N)=NS(=O)(=O)c1ccc(NC(=O)c2cc(=O)c3cc(Cl)ccc3o2)cc1. The maximum Gasteiger partial charge on any atom is 0.291 e. The molecule has 0 saturated carbocycles. The molecule has 1 aromatic heterocycles. The number of guanidine groups is 1. The van der Waals surface area contributed by atoms with Crippen LogP contribution >= 0.6 is 11.6 Å². The molecule has 0 unspecified atom stereocenters. The summed E-state index contributed by atoms with van der Waals surface area (Å²) in [6.45, 7) is 0. The number of nitrogens with two attached hydrogens (primary N) is 2. The van der Waals surface area contributed by atoms with Gasteiger partial charge in [0.15, 0.2) is 11.2 Å². The highest BCUT2D eigenvalue weighted by atomic mass is 35.5. The van der Waals surface area contributed by atoms with Crippen molar-refractivity contribution in [2.24, 2.45) is 15.9 Å². The second kappa shape index (κ2) is 7.33. The molecule has 3 aromatic rings. The fourth-order valence-electron chi connectivity index (χ4n) is 2.33. The number of nitrogens with one attached hydrogen (secondary N) is 1. The number of halogens is 1. The van der Waals surface area contributed by atoms with E-state index in [-0.39, 0.29) is 27.3 Å². The normalized spacial score (nSPS) is 11.2. The summed E-state index contributed by atoms with van der Waals surface area (Å²) in [6, 6.07) is 10.6. The van der Waals surface area contributed by atoms with Crippen LogP contribution in [0.3, 0.4) is 0 Å². The van der Waals surface area contributed by atoms with E-state index in [1.165, 1.54) is 42.5 Å². The predicted molar refractivity (Wildman–Crippen MR) is 105 cm³/mol. The lowest BCUT2D eigenvalue weighted by molar-refractivity contribution is 0.0997. The minimum atomic E-state index is -4.04. The summed E-state index contributed by atoms with van der Waals surface area (Å²) in [7, 11) is -4.04. The Kier molecular flexibility index (Phi) is 5.08. The molecule has 28 heavy (non-hydrogen) atoms. The van der Waals surface area contributed by atoms with Crippen molar-refractivity contribution in [3.8, 4) is 0 Å². The van der Waals surface area contributed by atoms with Gasteiger partial charge >= 0.3 is 0 Å². The Morgan fingerprint density at radius 3 is 2.39 bits per heavy atom. The third-order valence-corrected chi connectivity index (χ3v) is 5.10. The molecule has 1 heterocycles. The number of sulfonamides is 1. The van der Waals surface area contributed by atoms with E-state index in [1.807, 2.05) is 0 Å². The molecule has 5 N–H and O–H groups in total. The van der Waals surface area contributed by atoms with Gasteiger partial charge in [-0.2, -0.15) is 8.42 Å². The quantitative estimate of drug-likeness (QED) is 0.427. The van der Waals surface area contributed by atoms with E-state index in [2.05, 4.69) is 9.71 Å². The van der Waals surface area contributed by atoms with E-state index >= 15 is 0 Å². The average Bonchev–Trinajstić information content (AvgIpc) is 2.61. The fraction of sp³-hybridized carbons (Fsp3) is 0. The van der Waals surface area contributed by atoms with Crippen LogP contribution in [0.1, 0.15) is 10.6 Å². The molecule has 9 nitrogen and oxygen atoms in total. The van der Waals surface area contributed by atoms with E-state index in [4.69, 9.17) is 27.5 Å². The summed E-state index contributed by atoms with van der Waals surface area (Å²) < 4.78 is 32.4. The number of carbonyl (C=O) groups is 1. The van der Waals surface area contributed by atoms with Crippen LogP contribution in [0.4, 0.5) is 5.69 Å². The van der Waals surface area contributed by atoms with Crippen molar-refractivity contribution < 1.29 is 17.6 Å². The number of fused-ring (bicyclic) bond motifs is 1. The third-order valence-electron chi connectivity index (χ3n) is 3.55. The van der Waals surface area contributed by atoms with Gasteiger partial charge in [-0.25, -0.2) is 0 Å². The van der Waals surface area contributed by atoms with E-state index < -0.39 is 27.3 Å². The number of hydrogen-bond donors (Lipinski definition) is 3. The Labute approximate surface area is 163 Å². The molecule has 0 fully saturated rings. The summed E-state index contributed by atoms with van der Waals surface area (Å²) in [4.78, 5) is 24.4. The zero-order chi connectivity index (χ0) is 20.5. The van der Waals surface area contributed by atoms with Crippen molar-refractivity contribution in [3.05, 3.63) is 69.5 Å². The second-order valence-corrected chi connectivity index (χ2v) is 7.63. The molecule has 0 bridgehead atoms. The van der Waals surface area contributed by atoms with Gasteiger partial charge in [0.25, 0.3) is 15.9 Å². The average molecular weight is 421 g/mol. The number of anilines is 1. The Balaban J connectivity index is 1.86. The van der Waals surface area contributed by atoms with Gasteiger partial charge in [0.05, 0.1) is 10.3 Å². The van der Waals surface area contributed by atoms with Crippen molar-refractivity contribution in [2.75, 3.05) is 5.32 Å². The monoisotopic (exact) mass is 420 g/mol. The first-order chi connectivity index (χ1) is 13.2. The number of carbonyl (C=O) groups excluding carboxylic acids is 1. The zero-order valence-corrected chi connectivity index (χ0v) is 15.6. The molecular weight excluding hydrogens is 408 g/mol. The lowest BCUT2D eigenvalue weighted by atomic mass is 10.2. The van der Waals surface area contributed by atoms with E-state index in [1.54, 1.807) is 0 Å². The minimum Gasteiger partial charge on any atom is -0.451 e. The molecule has 11 heteroatoms. The summed E-state index contributed by atoms with van der Waals surface area (Å²) in [5.41, 5.74) is 10.2. The summed E-state index contributed by atoms with van der Waals surface area (Å²) in [5, 5.41) is 3.12. The van der Waals surface area contributed by atoms with Crippen molar-refractivity contribution in [1.82, 2.24) is 0 Å². The highest BCUT2D eigenvalue weighted by Gasteiger charge is 2.15. The molecule has 0 spiro atoms. The van der Waals surface area contributed by atoms with E-state index in [9.17, 15) is 18.0 Å². The van der Waals surface area contributed by atoms with Crippen LogP contribution in [0, 0.1) is 0 Å². The molecular formula is C17H13ClN4O5S. The zero-order valence-electron chi connectivity index (χ0n) is 14.0. The number of hydrogen-bond acceptors (Lipinski definition) is 5. The first kappa shape index (κ1) is 19.4. The Hall–Kier alpha value is -3.37. The maximum atomic E-state index is 12.4. The van der Waals surface area contributed by atoms with Crippen molar-refractivity contribution in [3.63, 3.8) is 0 Å². The molecule has 2 aromatic carbocycles. The van der Waals surface area contributed by atoms with Gasteiger partial charge in [-0.3, -0.25) is 9.59 Å². The van der Waals surface area contributed by atoms with Crippen LogP contribution < -0.4 is 22.2 Å². The largest absolute Gasteiger partial charge is 0.451 e. The summed E-state index contributed by atoms with van der Waals surface area (Å²) in [6.07, 6.45) is 0. The minimum absolute atomic E-state index is 0.159. The smallest absolute Gasteiger partial charge is 0.291 e. The van der Waals surface area contributed by atoms with Gasteiger partial charge in [0.2, 0.25) is 5.96 Å². The number of nitrogens with zero attached hydrogens (tertiary/aromatic N) is 1. The van der Waals surface area contributed by atoms with Crippen LogP contribution in [-0.2, 0) is 10.0 Å². The lowest BCUT2D eigenvalue weighted by Gasteiger charge is -2.06. The third kappa shape index (κ3) is 4.13. The molecule has 0 saturated heterocycles. The molecule has 144 valence electrons. The predicted octanol–water partition coefficient (Wildman–Crippen LogP) is 1.66. The Bertz CT molecular complexity index is 1260. The van der Waals surface area contributed by atoms with Gasteiger partial charge in [-0.05, 0) is 42.5 Å². The van der Waals surface area contributed by atoms with Gasteiger partial charge < -0.3 is 21.2 Å². The summed E-state index contributed by atoms with van der Waals surface area (Å²) >= 11 is 5.85. The second-order valence-electron chi connectivity index (χ2n) is 5.59.